The Morgan fingerprint density at radius 3 is 0.646 bits per heavy atom. The fraction of sp³-hybridized carbons (Fsp3) is 0. The van der Waals surface area contributed by atoms with Crippen LogP contribution in [0, 0.1) is 0 Å². The SMILES string of the molecule is [B]Oc1c(O[B])c(O[B])c2c3c(c(O[B])c(O[B])c2c1O[B])N([B])c1c(O[B])c(O[B])c2c(O[B])c(O[B])c(O[B])c(O[B])c2c1N3[B]. The molecular weight excluding hydrogens is 612 g/mol. The zero-order valence-corrected chi connectivity index (χ0v) is 23.9. The minimum Gasteiger partial charge on any atom is -0.565 e. The molecule has 4 aromatic rings. The quantitative estimate of drug-likeness (QED) is 0.169. The van der Waals surface area contributed by atoms with Gasteiger partial charge in [-0.2, -0.15) is 0 Å². The van der Waals surface area contributed by atoms with Crippen molar-refractivity contribution in [1.29, 1.82) is 0 Å². The fourth-order valence-corrected chi connectivity index (χ4v) is 5.56. The van der Waals surface area contributed by atoms with E-state index in [4.69, 9.17) is 168 Å². The van der Waals surface area contributed by atoms with Crippen LogP contribution < -0.4 is 65.5 Å². The second-order valence-corrected chi connectivity index (χ2v) is 9.00. The van der Waals surface area contributed by atoms with Gasteiger partial charge in [-0.05, 0) is 0 Å². The van der Waals surface area contributed by atoms with Gasteiger partial charge < -0.3 is 65.5 Å². The van der Waals surface area contributed by atoms with E-state index in [1.807, 2.05) is 0 Å². The maximum absolute atomic E-state index is 6.86. The molecule has 0 saturated heterocycles. The summed E-state index contributed by atoms with van der Waals surface area (Å²) in [6.45, 7) is 0. The molecule has 28 heteroatoms. The van der Waals surface area contributed by atoms with Crippen LogP contribution in [0.4, 0.5) is 22.7 Å². The Balaban J connectivity index is 2.18. The van der Waals surface area contributed by atoms with Gasteiger partial charge in [0.2, 0.25) is 16.0 Å². The third-order valence-corrected chi connectivity index (χ3v) is 7.24. The predicted octanol–water partition coefficient (Wildman–Crippen LogP) is -1.70. The number of nitrogens with zero attached hydrogens (tertiary/aromatic N) is 2. The monoisotopic (exact) mass is 614 g/mol. The summed E-state index contributed by atoms with van der Waals surface area (Å²) in [6, 6.07) is 0. The average Bonchev–Trinajstić information content (AvgIpc) is 3.12. The van der Waals surface area contributed by atoms with E-state index >= 15 is 0 Å². The van der Waals surface area contributed by atoms with Gasteiger partial charge in [-0.15, -0.1) is 0 Å². The van der Waals surface area contributed by atoms with Crippen molar-refractivity contribution in [3.05, 3.63) is 0 Å². The first-order chi connectivity index (χ1) is 23.2. The van der Waals surface area contributed by atoms with E-state index in [0.717, 1.165) is 9.62 Å². The summed E-state index contributed by atoms with van der Waals surface area (Å²) in [5.41, 5.74) is -1.12. The number of anilines is 4. The van der Waals surface area contributed by atoms with Crippen molar-refractivity contribution in [3.8, 4) is 69.0 Å². The number of rotatable bonds is 12. The highest BCUT2D eigenvalue weighted by Gasteiger charge is 2.41. The van der Waals surface area contributed by atoms with Crippen LogP contribution in [-0.2, 0) is 0 Å². The molecule has 4 aromatic carbocycles. The molecule has 1 heterocycles. The van der Waals surface area contributed by atoms with E-state index in [1.54, 1.807) is 0 Å². The first-order valence-electron chi connectivity index (χ1n) is 12.2. The van der Waals surface area contributed by atoms with Gasteiger partial charge in [-0.1, -0.05) is 0 Å². The van der Waals surface area contributed by atoms with Crippen molar-refractivity contribution in [1.82, 2.24) is 0 Å². The van der Waals surface area contributed by atoms with Gasteiger partial charge in [0.1, 0.15) is 0 Å². The summed E-state index contributed by atoms with van der Waals surface area (Å²) >= 11 is 0. The maximum atomic E-state index is 6.86. The molecular formula is C20B14N2O12. The second kappa shape index (κ2) is 13.6. The van der Waals surface area contributed by atoms with Crippen LogP contribution in [0.2, 0.25) is 0 Å². The number of benzene rings is 4. The van der Waals surface area contributed by atoms with Gasteiger partial charge in [0.25, 0.3) is 0 Å². The van der Waals surface area contributed by atoms with Crippen molar-refractivity contribution in [2.75, 3.05) is 9.62 Å². The van der Waals surface area contributed by atoms with E-state index in [1.165, 1.54) is 0 Å². The molecule has 0 unspecified atom stereocenters. The standard InChI is InChI=1S/C20B14N2O12/c21-35-5-1-3(13(41-27)19(47-33)17(45-31)9(1)37-23)11(39-25)15(43-29)7(5)36(22)8-6(35)2-4(12(40-26)16(8)44-30)14(42-28)20(48-34)18(46-32)10(2)38-24. The molecule has 0 aliphatic carbocycles. The molecule has 1 aliphatic rings. The summed E-state index contributed by atoms with van der Waals surface area (Å²) in [5, 5.41) is -1.05. The predicted molar refractivity (Wildman–Crippen MR) is 180 cm³/mol. The second-order valence-electron chi connectivity index (χ2n) is 9.00. The summed E-state index contributed by atoms with van der Waals surface area (Å²) in [6.07, 6.45) is 0. The Morgan fingerprint density at radius 1 is 0.229 bits per heavy atom. The zero-order chi connectivity index (χ0) is 35.2. The summed E-state index contributed by atoms with van der Waals surface area (Å²) in [7, 11) is 80.8. The van der Waals surface area contributed by atoms with Crippen molar-refractivity contribution < 1.29 is 55.9 Å². The molecule has 0 bridgehead atoms. The molecule has 0 N–H and O–H groups in total. The van der Waals surface area contributed by atoms with Crippen molar-refractivity contribution >= 4 is 157 Å². The minimum absolute atomic E-state index is 0.246. The number of fused-ring (bicyclic) bond motifs is 6. The highest BCUT2D eigenvalue weighted by Crippen LogP contribution is 2.69. The Hall–Kier alpha value is -4.49. The number of hydrogen-bond donors (Lipinski definition) is 0. The lowest BCUT2D eigenvalue weighted by molar-refractivity contribution is 0.483. The lowest BCUT2D eigenvalue weighted by atomic mass is 9.89. The fourth-order valence-electron chi connectivity index (χ4n) is 5.56. The lowest BCUT2D eigenvalue weighted by Crippen LogP contribution is -2.29. The Labute approximate surface area is 290 Å². The van der Waals surface area contributed by atoms with E-state index in [-0.39, 0.29) is 44.3 Å². The Morgan fingerprint density at radius 2 is 0.417 bits per heavy atom. The van der Waals surface area contributed by atoms with Crippen molar-refractivity contribution in [3.63, 3.8) is 0 Å². The average molecular weight is 612 g/mol. The van der Waals surface area contributed by atoms with Crippen LogP contribution in [0.1, 0.15) is 0 Å². The van der Waals surface area contributed by atoms with E-state index in [9.17, 15) is 0 Å². The first kappa shape index (κ1) is 34.8. The summed E-state index contributed by atoms with van der Waals surface area (Å²) in [5.74, 6) is -5.69. The molecule has 0 amide bonds. The van der Waals surface area contributed by atoms with Crippen LogP contribution >= 0.6 is 0 Å². The summed E-state index contributed by atoms with van der Waals surface area (Å²) < 4.78 is 60.7. The smallest absolute Gasteiger partial charge is 0.374 e. The Bertz CT molecular complexity index is 1810. The minimum atomic E-state index is -0.502. The third kappa shape index (κ3) is 4.47. The molecule has 0 saturated carbocycles. The van der Waals surface area contributed by atoms with Crippen molar-refractivity contribution in [2.45, 2.75) is 0 Å². The molecule has 0 atom stereocenters. The first-order valence-corrected chi connectivity index (χ1v) is 12.2. The molecule has 0 spiro atoms. The normalized spacial score (nSPS) is 11.6. The van der Waals surface area contributed by atoms with Gasteiger partial charge in [0.05, 0.1) is 44.3 Å². The molecule has 0 aromatic heterocycles. The summed E-state index contributed by atoms with van der Waals surface area (Å²) in [4.78, 5) is 1.71. The molecule has 0 fully saturated rings. The van der Waals surface area contributed by atoms with Gasteiger partial charge in [-0.3, -0.25) is 0 Å². The van der Waals surface area contributed by atoms with Gasteiger partial charge in [-0.25, -0.2) is 0 Å². The van der Waals surface area contributed by atoms with E-state index in [0.29, 0.717) is 0 Å². The zero-order valence-electron chi connectivity index (χ0n) is 23.9. The largest absolute Gasteiger partial charge is 0.565 e. The number of hydrogen-bond acceptors (Lipinski definition) is 14. The third-order valence-electron chi connectivity index (χ3n) is 7.24. The maximum Gasteiger partial charge on any atom is 0.374 e. The van der Waals surface area contributed by atoms with Crippen molar-refractivity contribution in [2.24, 2.45) is 0 Å². The molecule has 5 rings (SSSR count). The Kier molecular flexibility index (Phi) is 9.84. The van der Waals surface area contributed by atoms with Gasteiger partial charge in [0.15, 0.2) is 69.0 Å². The highest BCUT2D eigenvalue weighted by molar-refractivity contribution is 6.41. The molecule has 14 nitrogen and oxygen atoms in total. The highest BCUT2D eigenvalue weighted by atomic mass is 16.5. The molecule has 28 radical (unpaired) electrons. The molecule has 48 heavy (non-hydrogen) atoms. The topological polar surface area (TPSA) is 117 Å². The molecule has 1 aliphatic heterocycles. The van der Waals surface area contributed by atoms with E-state index in [2.05, 4.69) is 0 Å². The molecule has 204 valence electrons. The van der Waals surface area contributed by atoms with Gasteiger partial charge in [0, 0.05) is 0 Å². The lowest BCUT2D eigenvalue weighted by Gasteiger charge is -2.42. The van der Waals surface area contributed by atoms with Crippen LogP contribution in [-0.4, -0.2) is 113 Å². The van der Waals surface area contributed by atoms with Crippen LogP contribution in [0.25, 0.3) is 21.5 Å². The van der Waals surface area contributed by atoms with Crippen LogP contribution in [0.3, 0.4) is 0 Å². The van der Waals surface area contributed by atoms with Crippen LogP contribution in [0.5, 0.6) is 69.0 Å². The van der Waals surface area contributed by atoms with Crippen LogP contribution in [0.15, 0.2) is 0 Å². The van der Waals surface area contributed by atoms with Gasteiger partial charge >= 0.3 is 96.6 Å². The van der Waals surface area contributed by atoms with E-state index < -0.39 is 69.0 Å².